The number of benzene rings is 3. The van der Waals surface area contributed by atoms with Crippen LogP contribution < -0.4 is 15.4 Å². The summed E-state index contributed by atoms with van der Waals surface area (Å²) in [6.45, 7) is 4.03. The van der Waals surface area contributed by atoms with Gasteiger partial charge in [0.1, 0.15) is 29.4 Å². The van der Waals surface area contributed by atoms with E-state index in [1.807, 2.05) is 70.7 Å². The van der Waals surface area contributed by atoms with Crippen molar-refractivity contribution in [1.29, 1.82) is 0 Å². The van der Waals surface area contributed by atoms with Gasteiger partial charge in [-0.15, -0.1) is 0 Å². The van der Waals surface area contributed by atoms with Gasteiger partial charge in [-0.25, -0.2) is 4.98 Å². The lowest BCUT2D eigenvalue weighted by molar-refractivity contribution is -0.147. The molecule has 17 heteroatoms. The van der Waals surface area contributed by atoms with Crippen LogP contribution in [-0.4, -0.2) is 131 Å². The molecular weight excluding hydrogens is 883 g/mol. The number of imidazole rings is 1. The minimum atomic E-state index is -1.17. The molecule has 0 bridgehead atoms. The first-order chi connectivity index (χ1) is 31.4. The summed E-state index contributed by atoms with van der Waals surface area (Å²) in [5, 5.41) is 6.76. The fourth-order valence-corrected chi connectivity index (χ4v) is 8.50. The molecule has 5 amide bonds. The summed E-state index contributed by atoms with van der Waals surface area (Å²) in [6.07, 6.45) is 3.52. The second kappa shape index (κ2) is 22.3. The first kappa shape index (κ1) is 49.9. The summed E-state index contributed by atoms with van der Waals surface area (Å²) in [5.41, 5.74) is 3.30. The van der Waals surface area contributed by atoms with E-state index in [4.69, 9.17) is 32.7 Å². The summed E-state index contributed by atoms with van der Waals surface area (Å²) in [7, 11) is 10.7. The maximum Gasteiger partial charge on any atom is 0.247 e. The number of carbonyl (C=O) groups is 5. The zero-order chi connectivity index (χ0) is 47.8. The molecule has 2 N–H and O–H groups in total. The highest BCUT2D eigenvalue weighted by atomic mass is 35.5. The minimum absolute atomic E-state index is 0.0153. The SMILES string of the molecule is COC[C@@H]1NC(=O)[C@H](C)N(Cc2ccc(Cl)cc2Oc2ccc(-c3cnc(CN(C)C)n3C)cc2)C(=O)CC(C2CC2)C(=O)N(C)[C@@H](C)CNC(=O)C[C@H](Cc2ccc(Cl)cc2)N(C)C1=O. The zero-order valence-corrected chi connectivity index (χ0v) is 40.6. The lowest BCUT2D eigenvalue weighted by Gasteiger charge is -2.35. The van der Waals surface area contributed by atoms with Gasteiger partial charge in [-0.3, -0.25) is 24.0 Å². The van der Waals surface area contributed by atoms with Gasteiger partial charge in [0.2, 0.25) is 29.5 Å². The largest absolute Gasteiger partial charge is 0.457 e. The summed E-state index contributed by atoms with van der Waals surface area (Å²) >= 11 is 12.7. The van der Waals surface area contributed by atoms with Crippen LogP contribution in [0.1, 0.15) is 56.5 Å². The van der Waals surface area contributed by atoms with Crippen molar-refractivity contribution in [3.05, 3.63) is 99.9 Å². The van der Waals surface area contributed by atoms with Gasteiger partial charge >= 0.3 is 0 Å². The highest BCUT2D eigenvalue weighted by Crippen LogP contribution is 2.40. The number of ether oxygens (including phenoxy) is 2. The van der Waals surface area contributed by atoms with Crippen LogP contribution in [0.4, 0.5) is 0 Å². The van der Waals surface area contributed by atoms with Crippen LogP contribution in [-0.2, 0) is 55.3 Å². The molecule has 66 heavy (non-hydrogen) atoms. The number of hydrogen-bond donors (Lipinski definition) is 2. The predicted molar refractivity (Wildman–Crippen MR) is 254 cm³/mol. The second-order valence-corrected chi connectivity index (χ2v) is 18.7. The van der Waals surface area contributed by atoms with Crippen molar-refractivity contribution in [3.8, 4) is 22.8 Å². The standard InChI is InChI=1S/C49H62Cl2N8O7/c1-30-25-53-45(60)23-38(21-32-9-16-36(50)17-10-32)57(6)49(64)41(29-65-8)54-47(62)31(2)59(46(61)24-40(33-11-12-33)48(63)56(30)5)27-35-13-18-37(51)22-43(35)66-39-19-14-34(15-20-39)42-26-52-44(58(42)7)28-55(3)4/h9-10,13-20,22,26,30-31,33,38,40-41H,11-12,21,23-25,27-29H2,1-8H3,(H,53,60)(H,54,62)/t30-,31-,38-,40?,41-/m0/s1. The quantitative estimate of drug-likeness (QED) is 0.175. The van der Waals surface area contributed by atoms with E-state index in [1.165, 1.54) is 16.9 Å². The van der Waals surface area contributed by atoms with Gasteiger partial charge in [0.15, 0.2) is 0 Å². The number of hydrogen-bond acceptors (Lipinski definition) is 9. The van der Waals surface area contributed by atoms with Crippen molar-refractivity contribution >= 4 is 52.7 Å². The molecule has 2 aliphatic rings. The average Bonchev–Trinajstić information content (AvgIpc) is 4.08. The van der Waals surface area contributed by atoms with Crippen LogP contribution in [0.25, 0.3) is 11.3 Å². The van der Waals surface area contributed by atoms with Crippen molar-refractivity contribution in [2.24, 2.45) is 18.9 Å². The van der Waals surface area contributed by atoms with Crippen LogP contribution in [0.5, 0.6) is 11.5 Å². The Morgan fingerprint density at radius 3 is 2.18 bits per heavy atom. The van der Waals surface area contributed by atoms with Gasteiger partial charge in [-0.1, -0.05) is 41.4 Å². The van der Waals surface area contributed by atoms with E-state index in [-0.39, 0.29) is 50.3 Å². The molecule has 2 fully saturated rings. The van der Waals surface area contributed by atoms with E-state index < -0.39 is 47.8 Å². The van der Waals surface area contributed by atoms with Crippen molar-refractivity contribution < 1.29 is 33.4 Å². The Bertz CT molecular complexity index is 2350. The topological polar surface area (TPSA) is 159 Å². The molecule has 1 saturated carbocycles. The summed E-state index contributed by atoms with van der Waals surface area (Å²) in [5.74, 6) is -0.902. The third kappa shape index (κ3) is 12.7. The van der Waals surface area contributed by atoms with Gasteiger partial charge < -0.3 is 44.3 Å². The number of halogens is 2. The van der Waals surface area contributed by atoms with Gasteiger partial charge in [-0.05, 0) is 107 Å². The molecule has 5 atom stereocenters. The summed E-state index contributed by atoms with van der Waals surface area (Å²) in [6, 6.07) is 16.5. The molecule has 1 unspecified atom stereocenters. The predicted octanol–water partition coefficient (Wildman–Crippen LogP) is 5.95. The Morgan fingerprint density at radius 1 is 0.848 bits per heavy atom. The maximum absolute atomic E-state index is 14.8. The number of nitrogens with one attached hydrogen (secondary N) is 2. The van der Waals surface area contributed by atoms with E-state index in [0.717, 1.165) is 35.5 Å². The number of nitrogens with zero attached hydrogens (tertiary/aromatic N) is 6. The van der Waals surface area contributed by atoms with E-state index >= 15 is 0 Å². The summed E-state index contributed by atoms with van der Waals surface area (Å²) in [4.78, 5) is 82.5. The second-order valence-electron chi connectivity index (χ2n) is 17.8. The molecule has 3 aromatic carbocycles. The van der Waals surface area contributed by atoms with E-state index in [1.54, 1.807) is 56.3 Å². The van der Waals surface area contributed by atoms with Crippen LogP contribution in [0.15, 0.2) is 72.9 Å². The molecule has 1 aliphatic heterocycles. The first-order valence-electron chi connectivity index (χ1n) is 22.3. The lowest BCUT2D eigenvalue weighted by Crippen LogP contribution is -2.57. The normalized spacial score (nSPS) is 22.0. The molecule has 6 rings (SSSR count). The highest BCUT2D eigenvalue weighted by molar-refractivity contribution is 6.31. The molecule has 1 aromatic heterocycles. The number of amides is 5. The lowest BCUT2D eigenvalue weighted by atomic mass is 9.95. The Balaban J connectivity index is 1.32. The van der Waals surface area contributed by atoms with E-state index in [2.05, 4.69) is 25.1 Å². The number of methoxy groups -OCH3 is 1. The highest BCUT2D eigenvalue weighted by Gasteiger charge is 2.42. The average molecular weight is 946 g/mol. The van der Waals surface area contributed by atoms with Gasteiger partial charge in [0, 0.05) is 86.8 Å². The molecule has 2 heterocycles. The number of aromatic nitrogens is 2. The van der Waals surface area contributed by atoms with Crippen molar-refractivity contribution in [1.82, 2.24) is 39.8 Å². The third-order valence-electron chi connectivity index (χ3n) is 12.6. The van der Waals surface area contributed by atoms with Gasteiger partial charge in [0.25, 0.3) is 0 Å². The Morgan fingerprint density at radius 2 is 1.53 bits per heavy atom. The molecule has 15 nitrogen and oxygen atoms in total. The van der Waals surface area contributed by atoms with Crippen LogP contribution in [0.2, 0.25) is 10.0 Å². The summed E-state index contributed by atoms with van der Waals surface area (Å²) < 4.78 is 14.0. The first-order valence-corrected chi connectivity index (χ1v) is 23.0. The van der Waals surface area contributed by atoms with Crippen LogP contribution in [0.3, 0.4) is 0 Å². The zero-order valence-electron chi connectivity index (χ0n) is 39.1. The minimum Gasteiger partial charge on any atom is -0.457 e. The Hall–Kier alpha value is -5.48. The molecule has 0 radical (unpaired) electrons. The Labute approximate surface area is 397 Å². The molecule has 354 valence electrons. The molecular formula is C49H62Cl2N8O7. The molecule has 0 spiro atoms. The van der Waals surface area contributed by atoms with Crippen molar-refractivity contribution in [3.63, 3.8) is 0 Å². The smallest absolute Gasteiger partial charge is 0.247 e. The molecule has 4 aromatic rings. The fourth-order valence-electron chi connectivity index (χ4n) is 8.21. The van der Waals surface area contributed by atoms with E-state index in [9.17, 15) is 24.0 Å². The molecule has 1 saturated heterocycles. The van der Waals surface area contributed by atoms with Crippen LogP contribution in [0, 0.1) is 11.8 Å². The van der Waals surface area contributed by atoms with Gasteiger partial charge in [0.05, 0.1) is 31.6 Å². The van der Waals surface area contributed by atoms with Crippen molar-refractivity contribution in [2.45, 2.75) is 83.2 Å². The third-order valence-corrected chi connectivity index (χ3v) is 13.1. The number of carbonyl (C=O) groups excluding carboxylic acids is 5. The number of likely N-dealkylation sites (N-methyl/N-ethyl adjacent to an activating group) is 2. The van der Waals surface area contributed by atoms with E-state index in [0.29, 0.717) is 40.1 Å². The van der Waals surface area contributed by atoms with Crippen LogP contribution >= 0.6 is 23.2 Å². The fraction of sp³-hybridized carbons (Fsp3) is 0.469. The van der Waals surface area contributed by atoms with Crippen molar-refractivity contribution in [2.75, 3.05) is 48.5 Å². The number of rotatable bonds is 12. The maximum atomic E-state index is 14.8. The monoisotopic (exact) mass is 944 g/mol. The Kier molecular flexibility index (Phi) is 16.9. The van der Waals surface area contributed by atoms with Gasteiger partial charge in [-0.2, -0.15) is 0 Å². The molecule has 1 aliphatic carbocycles.